The molecule has 0 aromatic carbocycles. The third-order valence-corrected chi connectivity index (χ3v) is 3.61. The van der Waals surface area contributed by atoms with Crippen LogP contribution in [0.4, 0.5) is 4.39 Å². The number of carbonyl (C=O) groups excluding carboxylic acids is 1. The molecule has 0 aromatic rings. The van der Waals surface area contributed by atoms with Crippen LogP contribution in [-0.4, -0.2) is 49.4 Å². The number of amides is 1. The molecule has 1 aliphatic rings. The third-order valence-electron chi connectivity index (χ3n) is 3.61. The predicted octanol–water partition coefficient (Wildman–Crippen LogP) is 2.30. The van der Waals surface area contributed by atoms with Crippen molar-refractivity contribution in [3.8, 4) is 0 Å². The van der Waals surface area contributed by atoms with E-state index in [0.29, 0.717) is 31.5 Å². The highest BCUT2D eigenvalue weighted by molar-refractivity contribution is 5.91. The van der Waals surface area contributed by atoms with Gasteiger partial charge in [-0.3, -0.25) is 4.79 Å². The van der Waals surface area contributed by atoms with Crippen molar-refractivity contribution in [1.82, 2.24) is 9.80 Å². The molecule has 1 amide bonds. The Morgan fingerprint density at radius 3 is 2.39 bits per heavy atom. The summed E-state index contributed by atoms with van der Waals surface area (Å²) in [5.74, 6) is 0.255. The SMILES string of the molecule is CC(C)C1CCN(C(=O)/C(F)=C\CN(C)C)CC1. The zero-order chi connectivity index (χ0) is 13.7. The zero-order valence-corrected chi connectivity index (χ0v) is 11.9. The average molecular weight is 256 g/mol. The van der Waals surface area contributed by atoms with Crippen molar-refractivity contribution >= 4 is 5.91 Å². The van der Waals surface area contributed by atoms with Crippen molar-refractivity contribution < 1.29 is 9.18 Å². The van der Waals surface area contributed by atoms with E-state index in [1.54, 1.807) is 4.90 Å². The molecular formula is C14H25FN2O. The molecule has 0 N–H and O–H groups in total. The summed E-state index contributed by atoms with van der Waals surface area (Å²) in [6, 6.07) is 0. The van der Waals surface area contributed by atoms with Gasteiger partial charge in [0.15, 0.2) is 5.83 Å². The van der Waals surface area contributed by atoms with E-state index in [1.165, 1.54) is 6.08 Å². The number of piperidine rings is 1. The maximum Gasteiger partial charge on any atom is 0.282 e. The summed E-state index contributed by atoms with van der Waals surface area (Å²) >= 11 is 0. The molecule has 3 nitrogen and oxygen atoms in total. The first-order chi connectivity index (χ1) is 8.41. The average Bonchev–Trinajstić information content (AvgIpc) is 2.35. The highest BCUT2D eigenvalue weighted by Crippen LogP contribution is 2.25. The van der Waals surface area contributed by atoms with E-state index < -0.39 is 11.7 Å². The van der Waals surface area contributed by atoms with Crippen LogP contribution < -0.4 is 0 Å². The first-order valence-corrected chi connectivity index (χ1v) is 6.71. The molecular weight excluding hydrogens is 231 g/mol. The number of likely N-dealkylation sites (N-methyl/N-ethyl adjacent to an activating group) is 1. The monoisotopic (exact) mass is 256 g/mol. The molecule has 0 radical (unpaired) electrons. The van der Waals surface area contributed by atoms with Gasteiger partial charge in [-0.15, -0.1) is 0 Å². The summed E-state index contributed by atoms with van der Waals surface area (Å²) in [5, 5.41) is 0. The second-order valence-electron chi connectivity index (χ2n) is 5.69. The van der Waals surface area contributed by atoms with Crippen molar-refractivity contribution in [3.63, 3.8) is 0 Å². The van der Waals surface area contributed by atoms with Gasteiger partial charge in [0.2, 0.25) is 0 Å². The number of carbonyl (C=O) groups is 1. The van der Waals surface area contributed by atoms with E-state index >= 15 is 0 Å². The van der Waals surface area contributed by atoms with E-state index in [0.717, 1.165) is 12.8 Å². The Bertz CT molecular complexity index is 305. The molecule has 0 unspecified atom stereocenters. The van der Waals surface area contributed by atoms with Crippen LogP contribution in [-0.2, 0) is 4.79 Å². The molecule has 0 aromatic heterocycles. The lowest BCUT2D eigenvalue weighted by Gasteiger charge is -2.33. The Morgan fingerprint density at radius 2 is 1.94 bits per heavy atom. The van der Waals surface area contributed by atoms with Crippen molar-refractivity contribution in [3.05, 3.63) is 11.9 Å². The van der Waals surface area contributed by atoms with Crippen LogP contribution in [0.2, 0.25) is 0 Å². The lowest BCUT2D eigenvalue weighted by atomic mass is 9.87. The van der Waals surface area contributed by atoms with Crippen LogP contribution in [0.25, 0.3) is 0 Å². The van der Waals surface area contributed by atoms with Gasteiger partial charge in [0, 0.05) is 19.6 Å². The van der Waals surface area contributed by atoms with E-state index in [4.69, 9.17) is 0 Å². The van der Waals surface area contributed by atoms with Gasteiger partial charge in [-0.25, -0.2) is 4.39 Å². The molecule has 0 spiro atoms. The van der Waals surface area contributed by atoms with Gasteiger partial charge < -0.3 is 9.80 Å². The highest BCUT2D eigenvalue weighted by Gasteiger charge is 2.26. The first kappa shape index (κ1) is 15.2. The number of likely N-dealkylation sites (tertiary alicyclic amines) is 1. The van der Waals surface area contributed by atoms with Gasteiger partial charge in [0.05, 0.1) is 0 Å². The standard InChI is InChI=1S/C14H25FN2O/c1-11(2)12-5-9-17(10-6-12)14(18)13(15)7-8-16(3)4/h7,11-12H,5-6,8-10H2,1-4H3/b13-7+. The molecule has 1 rings (SSSR count). The molecule has 0 bridgehead atoms. The Morgan fingerprint density at radius 1 is 1.39 bits per heavy atom. The minimum absolute atomic E-state index is 0.445. The largest absolute Gasteiger partial charge is 0.337 e. The molecule has 0 saturated carbocycles. The van der Waals surface area contributed by atoms with E-state index in [-0.39, 0.29) is 0 Å². The smallest absolute Gasteiger partial charge is 0.282 e. The molecule has 1 fully saturated rings. The minimum atomic E-state index is -0.619. The minimum Gasteiger partial charge on any atom is -0.337 e. The van der Waals surface area contributed by atoms with E-state index in [1.807, 2.05) is 19.0 Å². The Labute approximate surface area is 110 Å². The molecule has 1 heterocycles. The Hall–Kier alpha value is -0.900. The van der Waals surface area contributed by atoms with Crippen molar-refractivity contribution in [2.45, 2.75) is 26.7 Å². The van der Waals surface area contributed by atoms with Crippen LogP contribution in [0.15, 0.2) is 11.9 Å². The summed E-state index contributed by atoms with van der Waals surface area (Å²) < 4.78 is 13.6. The molecule has 1 aliphatic heterocycles. The lowest BCUT2D eigenvalue weighted by molar-refractivity contribution is -0.130. The van der Waals surface area contributed by atoms with Gasteiger partial charge in [0.1, 0.15) is 0 Å². The molecule has 4 heteroatoms. The molecule has 0 aliphatic carbocycles. The number of rotatable bonds is 4. The fourth-order valence-corrected chi connectivity index (χ4v) is 2.27. The van der Waals surface area contributed by atoms with Crippen LogP contribution in [0, 0.1) is 11.8 Å². The summed E-state index contributed by atoms with van der Waals surface area (Å²) in [6.45, 7) is 6.25. The number of halogens is 1. The zero-order valence-electron chi connectivity index (χ0n) is 11.9. The second-order valence-corrected chi connectivity index (χ2v) is 5.69. The maximum atomic E-state index is 13.6. The van der Waals surface area contributed by atoms with Gasteiger partial charge in [0.25, 0.3) is 5.91 Å². The summed E-state index contributed by atoms with van der Waals surface area (Å²) in [5.41, 5.74) is 0. The summed E-state index contributed by atoms with van der Waals surface area (Å²) in [4.78, 5) is 15.3. The number of nitrogens with zero attached hydrogens (tertiary/aromatic N) is 2. The van der Waals surface area contributed by atoms with Crippen LogP contribution in [0.3, 0.4) is 0 Å². The van der Waals surface area contributed by atoms with E-state index in [2.05, 4.69) is 13.8 Å². The topological polar surface area (TPSA) is 23.6 Å². The van der Waals surface area contributed by atoms with Gasteiger partial charge in [-0.1, -0.05) is 13.8 Å². The van der Waals surface area contributed by atoms with Gasteiger partial charge in [-0.2, -0.15) is 0 Å². The second kappa shape index (κ2) is 6.88. The molecule has 1 saturated heterocycles. The normalized spacial score (nSPS) is 18.8. The Kier molecular flexibility index (Phi) is 5.79. The fourth-order valence-electron chi connectivity index (χ4n) is 2.27. The molecule has 0 atom stereocenters. The van der Waals surface area contributed by atoms with Crippen LogP contribution >= 0.6 is 0 Å². The maximum absolute atomic E-state index is 13.6. The summed E-state index contributed by atoms with van der Waals surface area (Å²) in [6.07, 6.45) is 3.34. The van der Waals surface area contributed by atoms with Crippen molar-refractivity contribution in [2.24, 2.45) is 11.8 Å². The fraction of sp³-hybridized carbons (Fsp3) is 0.786. The number of hydrogen-bond acceptors (Lipinski definition) is 2. The molecule has 18 heavy (non-hydrogen) atoms. The van der Waals surface area contributed by atoms with Gasteiger partial charge in [-0.05, 0) is 44.8 Å². The van der Waals surface area contributed by atoms with Crippen molar-refractivity contribution in [1.29, 1.82) is 0 Å². The number of hydrogen-bond donors (Lipinski definition) is 0. The molecule has 104 valence electrons. The predicted molar refractivity (Wildman–Crippen MR) is 71.9 cm³/mol. The van der Waals surface area contributed by atoms with Gasteiger partial charge >= 0.3 is 0 Å². The van der Waals surface area contributed by atoms with Crippen LogP contribution in [0.5, 0.6) is 0 Å². The van der Waals surface area contributed by atoms with Crippen LogP contribution in [0.1, 0.15) is 26.7 Å². The van der Waals surface area contributed by atoms with E-state index in [9.17, 15) is 9.18 Å². The third kappa shape index (κ3) is 4.41. The quantitative estimate of drug-likeness (QED) is 0.721. The summed E-state index contributed by atoms with van der Waals surface area (Å²) in [7, 11) is 3.70. The highest BCUT2D eigenvalue weighted by atomic mass is 19.1. The lowest BCUT2D eigenvalue weighted by Crippen LogP contribution is -2.39. The Balaban J connectivity index is 2.47. The first-order valence-electron chi connectivity index (χ1n) is 6.71. The van der Waals surface area contributed by atoms with Crippen molar-refractivity contribution in [2.75, 3.05) is 33.7 Å².